The van der Waals surface area contributed by atoms with Gasteiger partial charge in [-0.05, 0) is 37.1 Å². The summed E-state index contributed by atoms with van der Waals surface area (Å²) in [5.74, 6) is 0.341. The average molecular weight is 487 g/mol. The van der Waals surface area contributed by atoms with Gasteiger partial charge in [-0.1, -0.05) is 29.3 Å². The van der Waals surface area contributed by atoms with Crippen LogP contribution in [0.25, 0.3) is 0 Å². The van der Waals surface area contributed by atoms with Gasteiger partial charge in [0.25, 0.3) is 0 Å². The fraction of sp³-hybridized carbons (Fsp3) is 0.381. The lowest BCUT2D eigenvalue weighted by Gasteiger charge is -2.30. The zero-order valence-corrected chi connectivity index (χ0v) is 19.6. The highest BCUT2D eigenvalue weighted by atomic mass is 35.5. The van der Waals surface area contributed by atoms with Gasteiger partial charge in [-0.25, -0.2) is 12.7 Å². The first-order valence-electron chi connectivity index (χ1n) is 9.68. The Bertz CT molecular complexity index is 1030. The predicted molar refractivity (Wildman–Crippen MR) is 122 cm³/mol. The minimum absolute atomic E-state index is 0.183. The number of halogens is 2. The van der Waals surface area contributed by atoms with Crippen molar-refractivity contribution in [2.24, 2.45) is 5.92 Å². The number of benzene rings is 2. The molecule has 10 heteroatoms. The monoisotopic (exact) mass is 486 g/mol. The van der Waals surface area contributed by atoms with E-state index in [4.69, 9.17) is 32.7 Å². The normalized spacial score (nSPS) is 15.5. The van der Waals surface area contributed by atoms with Gasteiger partial charge in [0.05, 0.1) is 25.7 Å². The fourth-order valence-corrected chi connectivity index (χ4v) is 5.80. The molecule has 1 fully saturated rings. The van der Waals surface area contributed by atoms with E-state index in [2.05, 4.69) is 5.32 Å². The SMILES string of the molecule is COc1ccc(OC)c(NC(=O)C2CCN(S(=O)(=O)Cc3c(Cl)cccc3Cl)CC2)c1. The molecule has 2 aromatic rings. The molecule has 1 saturated heterocycles. The van der Waals surface area contributed by atoms with Crippen LogP contribution >= 0.6 is 23.2 Å². The molecule has 1 heterocycles. The molecule has 0 aliphatic carbocycles. The molecule has 2 aromatic carbocycles. The van der Waals surface area contributed by atoms with Crippen molar-refractivity contribution in [2.75, 3.05) is 32.6 Å². The number of methoxy groups -OCH3 is 2. The Kier molecular flexibility index (Phi) is 7.69. The predicted octanol–water partition coefficient (Wildman–Crippen LogP) is 4.19. The number of carbonyl (C=O) groups excluding carboxylic acids is 1. The van der Waals surface area contributed by atoms with Gasteiger partial charge in [0.15, 0.2) is 0 Å². The van der Waals surface area contributed by atoms with Crippen molar-refractivity contribution >= 4 is 44.8 Å². The van der Waals surface area contributed by atoms with Crippen LogP contribution in [0.3, 0.4) is 0 Å². The van der Waals surface area contributed by atoms with Crippen molar-refractivity contribution in [3.63, 3.8) is 0 Å². The van der Waals surface area contributed by atoms with Gasteiger partial charge in [-0.2, -0.15) is 0 Å². The Morgan fingerprint density at radius 3 is 2.32 bits per heavy atom. The Morgan fingerprint density at radius 2 is 1.74 bits per heavy atom. The lowest BCUT2D eigenvalue weighted by atomic mass is 9.97. The van der Waals surface area contributed by atoms with E-state index in [1.807, 2.05) is 0 Å². The van der Waals surface area contributed by atoms with E-state index >= 15 is 0 Å². The third-order valence-electron chi connectivity index (χ3n) is 5.27. The maximum atomic E-state index is 12.9. The second kappa shape index (κ2) is 10.1. The van der Waals surface area contributed by atoms with Crippen LogP contribution < -0.4 is 14.8 Å². The molecule has 1 amide bonds. The third kappa shape index (κ3) is 5.63. The number of hydrogen-bond acceptors (Lipinski definition) is 5. The molecular formula is C21H24Cl2N2O5S. The minimum atomic E-state index is -3.61. The first-order valence-corrected chi connectivity index (χ1v) is 12.0. The number of carbonyl (C=O) groups is 1. The average Bonchev–Trinajstić information content (AvgIpc) is 2.76. The Morgan fingerprint density at radius 1 is 1.10 bits per heavy atom. The number of rotatable bonds is 7. The van der Waals surface area contributed by atoms with Crippen molar-refractivity contribution in [1.29, 1.82) is 0 Å². The Labute approximate surface area is 192 Å². The minimum Gasteiger partial charge on any atom is -0.497 e. The summed E-state index contributed by atoms with van der Waals surface area (Å²) in [6, 6.07) is 10.0. The molecule has 3 rings (SSSR count). The van der Waals surface area contributed by atoms with Gasteiger partial charge in [0.2, 0.25) is 15.9 Å². The van der Waals surface area contributed by atoms with E-state index in [0.29, 0.717) is 45.6 Å². The number of ether oxygens (including phenoxy) is 2. The van der Waals surface area contributed by atoms with Gasteiger partial charge >= 0.3 is 0 Å². The number of hydrogen-bond donors (Lipinski definition) is 1. The van der Waals surface area contributed by atoms with E-state index in [-0.39, 0.29) is 30.7 Å². The summed E-state index contributed by atoms with van der Waals surface area (Å²) < 4.78 is 37.6. The van der Waals surface area contributed by atoms with Crippen LogP contribution in [0.1, 0.15) is 18.4 Å². The van der Waals surface area contributed by atoms with Gasteiger partial charge < -0.3 is 14.8 Å². The molecule has 0 aromatic heterocycles. The van der Waals surface area contributed by atoms with Crippen LogP contribution in [0.4, 0.5) is 5.69 Å². The van der Waals surface area contributed by atoms with Gasteiger partial charge in [0, 0.05) is 40.7 Å². The molecule has 1 N–H and O–H groups in total. The molecule has 168 valence electrons. The molecule has 7 nitrogen and oxygen atoms in total. The number of anilines is 1. The molecule has 0 atom stereocenters. The molecule has 0 saturated carbocycles. The van der Waals surface area contributed by atoms with Crippen LogP contribution in [-0.2, 0) is 20.6 Å². The molecule has 0 radical (unpaired) electrons. The van der Waals surface area contributed by atoms with E-state index in [0.717, 1.165) is 0 Å². The number of nitrogens with zero attached hydrogens (tertiary/aromatic N) is 1. The molecule has 0 unspecified atom stereocenters. The van der Waals surface area contributed by atoms with Crippen LogP contribution in [0.5, 0.6) is 11.5 Å². The summed E-state index contributed by atoms with van der Waals surface area (Å²) in [6.45, 7) is 0.496. The lowest BCUT2D eigenvalue weighted by Crippen LogP contribution is -2.42. The van der Waals surface area contributed by atoms with E-state index in [1.165, 1.54) is 11.4 Å². The quantitative estimate of drug-likeness (QED) is 0.633. The van der Waals surface area contributed by atoms with Crippen LogP contribution in [0.2, 0.25) is 10.0 Å². The van der Waals surface area contributed by atoms with Crippen molar-refractivity contribution < 1.29 is 22.7 Å². The molecule has 1 aliphatic rings. The van der Waals surface area contributed by atoms with Crippen molar-refractivity contribution in [1.82, 2.24) is 4.31 Å². The number of sulfonamides is 1. The van der Waals surface area contributed by atoms with Gasteiger partial charge in [-0.15, -0.1) is 0 Å². The van der Waals surface area contributed by atoms with E-state index in [9.17, 15) is 13.2 Å². The summed E-state index contributed by atoms with van der Waals surface area (Å²) in [5.41, 5.74) is 0.895. The first kappa shape index (κ1) is 23.7. The largest absolute Gasteiger partial charge is 0.497 e. The summed E-state index contributed by atoms with van der Waals surface area (Å²) >= 11 is 12.2. The molecular weight excluding hydrogens is 463 g/mol. The fourth-order valence-electron chi connectivity index (χ4n) is 3.49. The molecule has 0 spiro atoms. The van der Waals surface area contributed by atoms with Crippen molar-refractivity contribution in [3.8, 4) is 11.5 Å². The second-order valence-electron chi connectivity index (χ2n) is 7.19. The Balaban J connectivity index is 1.63. The molecule has 0 bridgehead atoms. The van der Waals surface area contributed by atoms with E-state index < -0.39 is 10.0 Å². The summed E-state index contributed by atoms with van der Waals surface area (Å²) in [4.78, 5) is 12.8. The number of nitrogens with one attached hydrogen (secondary N) is 1. The maximum Gasteiger partial charge on any atom is 0.227 e. The summed E-state index contributed by atoms with van der Waals surface area (Å²) in [6.07, 6.45) is 0.821. The number of amides is 1. The highest BCUT2D eigenvalue weighted by Gasteiger charge is 2.32. The topological polar surface area (TPSA) is 84.9 Å². The van der Waals surface area contributed by atoms with Crippen LogP contribution in [0, 0.1) is 5.92 Å². The zero-order valence-electron chi connectivity index (χ0n) is 17.2. The highest BCUT2D eigenvalue weighted by molar-refractivity contribution is 7.88. The third-order valence-corrected chi connectivity index (χ3v) is 7.78. The highest BCUT2D eigenvalue weighted by Crippen LogP contribution is 2.31. The molecule has 31 heavy (non-hydrogen) atoms. The summed E-state index contributed by atoms with van der Waals surface area (Å²) in [7, 11) is -0.552. The van der Waals surface area contributed by atoms with Crippen LogP contribution in [-0.4, -0.2) is 45.9 Å². The zero-order chi connectivity index (χ0) is 22.6. The van der Waals surface area contributed by atoms with Crippen molar-refractivity contribution in [2.45, 2.75) is 18.6 Å². The Hall–Kier alpha value is -2.00. The standard InChI is InChI=1S/C21H24Cl2N2O5S/c1-29-15-6-7-20(30-2)19(12-15)24-21(26)14-8-10-25(11-9-14)31(27,28)13-16-17(22)4-3-5-18(16)23/h3-7,12,14H,8-11,13H2,1-2H3,(H,24,26). The smallest absolute Gasteiger partial charge is 0.227 e. The lowest BCUT2D eigenvalue weighted by molar-refractivity contribution is -0.120. The molecule has 1 aliphatic heterocycles. The summed E-state index contributed by atoms with van der Waals surface area (Å²) in [5, 5.41) is 3.50. The second-order valence-corrected chi connectivity index (χ2v) is 9.97. The van der Waals surface area contributed by atoms with Crippen molar-refractivity contribution in [3.05, 3.63) is 52.0 Å². The maximum absolute atomic E-state index is 12.9. The van der Waals surface area contributed by atoms with E-state index in [1.54, 1.807) is 43.5 Å². The van der Waals surface area contributed by atoms with Gasteiger partial charge in [-0.3, -0.25) is 4.79 Å². The first-order chi connectivity index (χ1) is 14.7. The van der Waals surface area contributed by atoms with Gasteiger partial charge in [0.1, 0.15) is 11.5 Å². The van der Waals surface area contributed by atoms with Crippen LogP contribution in [0.15, 0.2) is 36.4 Å². The number of piperidine rings is 1.